The number of furan rings is 1. The zero-order valence-corrected chi connectivity index (χ0v) is 11.2. The number of rotatable bonds is 3. The zero-order valence-electron chi connectivity index (χ0n) is 11.2. The molecule has 0 saturated carbocycles. The number of hydrogen-bond donors (Lipinski definition) is 0. The molecule has 1 aliphatic heterocycles. The third kappa shape index (κ3) is 3.38. The first-order valence-corrected chi connectivity index (χ1v) is 6.53. The molecule has 2 unspecified atom stereocenters. The first-order chi connectivity index (χ1) is 8.81. The molecule has 98 valence electrons. The van der Waals surface area contributed by atoms with Crippen molar-refractivity contribution < 1.29 is 9.15 Å². The van der Waals surface area contributed by atoms with Gasteiger partial charge >= 0.3 is 0 Å². The lowest BCUT2D eigenvalue weighted by Gasteiger charge is -2.36. The van der Waals surface area contributed by atoms with E-state index in [9.17, 15) is 0 Å². The summed E-state index contributed by atoms with van der Waals surface area (Å²) in [6.45, 7) is 4.70. The minimum absolute atomic E-state index is 0.376. The smallest absolute Gasteiger partial charge is 0.120 e. The van der Waals surface area contributed by atoms with Gasteiger partial charge in [-0.15, -0.1) is 0 Å². The lowest BCUT2D eigenvalue weighted by Crippen LogP contribution is -2.36. The van der Waals surface area contributed by atoms with Gasteiger partial charge < -0.3 is 9.15 Å². The van der Waals surface area contributed by atoms with Crippen LogP contribution in [0, 0.1) is 17.8 Å². The van der Waals surface area contributed by atoms with Crippen LogP contribution in [0.2, 0.25) is 0 Å². The number of methoxy groups -OCH3 is 1. The maximum Gasteiger partial charge on any atom is 0.120 e. The largest absolute Gasteiger partial charge is 0.468 e. The number of ether oxygens (including phenoxy) is 1. The first kappa shape index (κ1) is 13.2. The molecule has 1 aromatic heterocycles. The molecule has 0 radical (unpaired) electrons. The Labute approximate surface area is 109 Å². The van der Waals surface area contributed by atoms with Crippen molar-refractivity contribution in [3.63, 3.8) is 0 Å². The van der Waals surface area contributed by atoms with Crippen LogP contribution in [0.1, 0.15) is 31.6 Å². The van der Waals surface area contributed by atoms with Crippen molar-refractivity contribution in [1.82, 2.24) is 4.90 Å². The van der Waals surface area contributed by atoms with E-state index in [4.69, 9.17) is 9.15 Å². The summed E-state index contributed by atoms with van der Waals surface area (Å²) in [5, 5.41) is 0. The normalized spacial score (nSPS) is 24.6. The van der Waals surface area contributed by atoms with Crippen LogP contribution < -0.4 is 0 Å². The van der Waals surface area contributed by atoms with Gasteiger partial charge in [0.15, 0.2) is 0 Å². The van der Waals surface area contributed by atoms with Crippen LogP contribution in [0.4, 0.5) is 0 Å². The van der Waals surface area contributed by atoms with Crippen molar-refractivity contribution in [3.05, 3.63) is 24.2 Å². The Morgan fingerprint density at radius 1 is 1.50 bits per heavy atom. The second kappa shape index (κ2) is 6.63. The molecular weight excluding hydrogens is 226 g/mol. The lowest BCUT2D eigenvalue weighted by atomic mass is 9.91. The average molecular weight is 247 g/mol. The van der Waals surface area contributed by atoms with Crippen LogP contribution in [0.25, 0.3) is 0 Å². The molecule has 3 heteroatoms. The van der Waals surface area contributed by atoms with Gasteiger partial charge in [0, 0.05) is 13.7 Å². The van der Waals surface area contributed by atoms with Crippen molar-refractivity contribution in [2.45, 2.75) is 25.8 Å². The van der Waals surface area contributed by atoms with Crippen LogP contribution in [0.15, 0.2) is 22.8 Å². The summed E-state index contributed by atoms with van der Waals surface area (Å²) >= 11 is 0. The molecule has 0 amide bonds. The van der Waals surface area contributed by atoms with Crippen molar-refractivity contribution in [1.29, 1.82) is 0 Å². The lowest BCUT2D eigenvalue weighted by molar-refractivity contribution is 0.117. The van der Waals surface area contributed by atoms with E-state index in [1.807, 2.05) is 6.07 Å². The van der Waals surface area contributed by atoms with Gasteiger partial charge in [-0.1, -0.05) is 18.8 Å². The first-order valence-electron chi connectivity index (χ1n) is 6.53. The standard InChI is InChI=1S/C15H21NO2/c1-13-7-9-16(8-3-4-10-17-2)14(12-13)15-6-5-11-18-15/h5-6,11,13-14H,7-10,12H2,1-2H3. The fourth-order valence-corrected chi connectivity index (χ4v) is 2.44. The molecule has 1 aromatic rings. The van der Waals surface area contributed by atoms with Gasteiger partial charge in [-0.3, -0.25) is 4.90 Å². The maximum atomic E-state index is 5.56. The number of likely N-dealkylation sites (tertiary alicyclic amines) is 1. The van der Waals surface area contributed by atoms with E-state index >= 15 is 0 Å². The molecule has 0 aliphatic carbocycles. The average Bonchev–Trinajstić information content (AvgIpc) is 2.90. The quantitative estimate of drug-likeness (QED) is 0.768. The van der Waals surface area contributed by atoms with Crippen LogP contribution in [0.3, 0.4) is 0 Å². The van der Waals surface area contributed by atoms with E-state index in [2.05, 4.69) is 29.7 Å². The summed E-state index contributed by atoms with van der Waals surface area (Å²) in [6, 6.07) is 4.40. The van der Waals surface area contributed by atoms with E-state index in [1.165, 1.54) is 6.42 Å². The molecule has 1 aliphatic rings. The summed E-state index contributed by atoms with van der Waals surface area (Å²) in [5.41, 5.74) is 0. The number of nitrogens with zero attached hydrogens (tertiary/aromatic N) is 1. The molecule has 2 atom stereocenters. The van der Waals surface area contributed by atoms with E-state index in [-0.39, 0.29) is 0 Å². The summed E-state index contributed by atoms with van der Waals surface area (Å²) in [5.74, 6) is 8.00. The van der Waals surface area contributed by atoms with Gasteiger partial charge in [0.1, 0.15) is 12.4 Å². The number of hydrogen-bond acceptors (Lipinski definition) is 3. The highest BCUT2D eigenvalue weighted by molar-refractivity contribution is 5.09. The molecule has 18 heavy (non-hydrogen) atoms. The molecule has 3 nitrogen and oxygen atoms in total. The fraction of sp³-hybridized carbons (Fsp3) is 0.600. The summed E-state index contributed by atoms with van der Waals surface area (Å²) < 4.78 is 10.5. The Kier molecular flexibility index (Phi) is 4.86. The van der Waals surface area contributed by atoms with Gasteiger partial charge in [0.05, 0.1) is 18.8 Å². The van der Waals surface area contributed by atoms with Crippen LogP contribution in [-0.2, 0) is 4.74 Å². The van der Waals surface area contributed by atoms with Crippen LogP contribution >= 0.6 is 0 Å². The van der Waals surface area contributed by atoms with Crippen LogP contribution in [0.5, 0.6) is 0 Å². The molecule has 0 spiro atoms. The van der Waals surface area contributed by atoms with E-state index in [0.717, 1.165) is 31.2 Å². The molecule has 1 saturated heterocycles. The molecular formula is C15H21NO2. The van der Waals surface area contributed by atoms with Gasteiger partial charge in [-0.25, -0.2) is 0 Å². The topological polar surface area (TPSA) is 25.6 Å². The third-order valence-electron chi connectivity index (χ3n) is 3.47. The Morgan fingerprint density at radius 2 is 2.39 bits per heavy atom. The summed E-state index contributed by atoms with van der Waals surface area (Å²) in [4.78, 5) is 2.40. The van der Waals surface area contributed by atoms with Crippen molar-refractivity contribution in [2.75, 3.05) is 26.8 Å². The van der Waals surface area contributed by atoms with E-state index in [1.54, 1.807) is 13.4 Å². The van der Waals surface area contributed by atoms with Crippen molar-refractivity contribution >= 4 is 0 Å². The Morgan fingerprint density at radius 3 is 3.11 bits per heavy atom. The van der Waals surface area contributed by atoms with Crippen LogP contribution in [-0.4, -0.2) is 31.7 Å². The van der Waals surface area contributed by atoms with Crippen molar-refractivity contribution in [3.8, 4) is 11.8 Å². The predicted molar refractivity (Wildman–Crippen MR) is 71.1 cm³/mol. The maximum absolute atomic E-state index is 5.56. The highest BCUT2D eigenvalue weighted by Crippen LogP contribution is 2.33. The second-order valence-corrected chi connectivity index (χ2v) is 4.92. The predicted octanol–water partition coefficient (Wildman–Crippen LogP) is 2.70. The molecule has 0 bridgehead atoms. The zero-order chi connectivity index (χ0) is 12.8. The van der Waals surface area contributed by atoms with Gasteiger partial charge in [0.2, 0.25) is 0 Å². The SMILES string of the molecule is COCC#CCN1CCC(C)CC1c1ccco1. The second-order valence-electron chi connectivity index (χ2n) is 4.92. The van der Waals surface area contributed by atoms with Gasteiger partial charge in [-0.05, 0) is 30.9 Å². The van der Waals surface area contributed by atoms with E-state index in [0.29, 0.717) is 12.6 Å². The molecule has 0 N–H and O–H groups in total. The summed E-state index contributed by atoms with van der Waals surface area (Å²) in [7, 11) is 1.67. The van der Waals surface area contributed by atoms with Gasteiger partial charge in [-0.2, -0.15) is 0 Å². The highest BCUT2D eigenvalue weighted by atomic mass is 16.5. The minimum atomic E-state index is 0.376. The molecule has 0 aromatic carbocycles. The molecule has 2 rings (SSSR count). The number of piperidine rings is 1. The van der Waals surface area contributed by atoms with Crippen molar-refractivity contribution in [2.24, 2.45) is 5.92 Å². The Bertz CT molecular complexity index is 402. The molecule has 1 fully saturated rings. The molecule has 2 heterocycles. The van der Waals surface area contributed by atoms with Gasteiger partial charge in [0.25, 0.3) is 0 Å². The highest BCUT2D eigenvalue weighted by Gasteiger charge is 2.28. The summed E-state index contributed by atoms with van der Waals surface area (Å²) in [6.07, 6.45) is 4.14. The fourth-order valence-electron chi connectivity index (χ4n) is 2.44. The Balaban J connectivity index is 2.00. The monoisotopic (exact) mass is 247 g/mol. The Hall–Kier alpha value is -1.24. The minimum Gasteiger partial charge on any atom is -0.468 e. The third-order valence-corrected chi connectivity index (χ3v) is 3.47. The van der Waals surface area contributed by atoms with E-state index < -0.39 is 0 Å².